The van der Waals surface area contributed by atoms with E-state index in [1.807, 2.05) is 13.1 Å². The Kier molecular flexibility index (Phi) is 8.62. The average Bonchev–Trinajstić information content (AvgIpc) is 3.25. The Bertz CT molecular complexity index is 775. The highest BCUT2D eigenvalue weighted by Gasteiger charge is 2.23. The van der Waals surface area contributed by atoms with Gasteiger partial charge in [-0.15, -0.1) is 24.0 Å². The molecule has 0 spiro atoms. The van der Waals surface area contributed by atoms with Gasteiger partial charge in [-0.2, -0.15) is 11.3 Å². The number of para-hydroxylation sites is 1. The molecule has 4 rings (SSSR count). The molecule has 1 fully saturated rings. The van der Waals surface area contributed by atoms with Crippen LogP contribution in [0.3, 0.4) is 0 Å². The van der Waals surface area contributed by atoms with Gasteiger partial charge < -0.3 is 15.4 Å². The number of likely N-dealkylation sites (tertiary alicyclic amines) is 1. The van der Waals surface area contributed by atoms with Gasteiger partial charge in [-0.25, -0.2) is 0 Å². The van der Waals surface area contributed by atoms with E-state index in [0.29, 0.717) is 12.0 Å². The first-order chi connectivity index (χ1) is 13.8. The van der Waals surface area contributed by atoms with Crippen LogP contribution in [0.4, 0.5) is 0 Å². The van der Waals surface area contributed by atoms with Crippen LogP contribution in [0.1, 0.15) is 36.3 Å². The second-order valence-electron chi connectivity index (χ2n) is 7.65. The monoisotopic (exact) mass is 526 g/mol. The summed E-state index contributed by atoms with van der Waals surface area (Å²) in [5.41, 5.74) is 2.74. The number of ether oxygens (including phenoxy) is 1. The molecule has 5 nitrogen and oxygen atoms in total. The van der Waals surface area contributed by atoms with Crippen LogP contribution in [-0.4, -0.2) is 50.2 Å². The lowest BCUT2D eigenvalue weighted by atomic mass is 9.93. The number of thiophene rings is 1. The van der Waals surface area contributed by atoms with Crippen LogP contribution in [-0.2, 0) is 6.54 Å². The van der Waals surface area contributed by atoms with Gasteiger partial charge in [0.15, 0.2) is 5.96 Å². The summed E-state index contributed by atoms with van der Waals surface area (Å²) in [5, 5.41) is 11.6. The van der Waals surface area contributed by atoms with Crippen LogP contribution in [0.15, 0.2) is 46.1 Å². The van der Waals surface area contributed by atoms with Gasteiger partial charge in [-0.05, 0) is 53.3 Å². The number of fused-ring (bicyclic) bond motifs is 1. The molecule has 1 aromatic heterocycles. The molecular formula is C22H31IN4OS. The van der Waals surface area contributed by atoms with E-state index in [1.165, 1.54) is 11.1 Å². The van der Waals surface area contributed by atoms with E-state index in [4.69, 9.17) is 4.74 Å². The molecule has 0 aliphatic carbocycles. The predicted molar refractivity (Wildman–Crippen MR) is 132 cm³/mol. The Morgan fingerprint density at radius 3 is 2.79 bits per heavy atom. The fraction of sp³-hybridized carbons (Fsp3) is 0.500. The first kappa shape index (κ1) is 22.4. The van der Waals surface area contributed by atoms with Crippen molar-refractivity contribution in [3.8, 4) is 5.75 Å². The van der Waals surface area contributed by atoms with Crippen molar-refractivity contribution < 1.29 is 4.74 Å². The fourth-order valence-electron chi connectivity index (χ4n) is 4.11. The van der Waals surface area contributed by atoms with E-state index in [-0.39, 0.29) is 24.0 Å². The third-order valence-electron chi connectivity index (χ3n) is 5.74. The van der Waals surface area contributed by atoms with Crippen molar-refractivity contribution in [3.63, 3.8) is 0 Å². The number of piperidine rings is 1. The van der Waals surface area contributed by atoms with E-state index in [9.17, 15) is 0 Å². The molecule has 1 saturated heterocycles. The Labute approximate surface area is 195 Å². The summed E-state index contributed by atoms with van der Waals surface area (Å²) in [6.45, 7) is 5.02. The standard InChI is InChI=1S/C22H30N4OS.HI/c1-23-22(24-14-18-8-12-27-21-5-3-2-4-20(18)21)25-19-6-10-26(11-7-19)15-17-9-13-28-16-17;/h2-5,9,13,16,18-19H,6-8,10-12,14-15H2,1H3,(H2,23,24,25);1H. The molecule has 0 radical (unpaired) electrons. The van der Waals surface area contributed by atoms with Crippen molar-refractivity contribution >= 4 is 41.3 Å². The van der Waals surface area contributed by atoms with Crippen LogP contribution < -0.4 is 15.4 Å². The summed E-state index contributed by atoms with van der Waals surface area (Å²) >= 11 is 1.78. The van der Waals surface area contributed by atoms with Crippen molar-refractivity contribution in [1.82, 2.24) is 15.5 Å². The highest BCUT2D eigenvalue weighted by Crippen LogP contribution is 2.32. The first-order valence-corrected chi connectivity index (χ1v) is 11.2. The summed E-state index contributed by atoms with van der Waals surface area (Å²) in [4.78, 5) is 7.00. The van der Waals surface area contributed by atoms with E-state index in [0.717, 1.165) is 63.8 Å². The Morgan fingerprint density at radius 2 is 2.03 bits per heavy atom. The highest BCUT2D eigenvalue weighted by atomic mass is 127. The van der Waals surface area contributed by atoms with Crippen LogP contribution >= 0.6 is 35.3 Å². The Morgan fingerprint density at radius 1 is 1.21 bits per heavy atom. The van der Waals surface area contributed by atoms with Crippen molar-refractivity contribution in [2.45, 2.75) is 37.8 Å². The maximum absolute atomic E-state index is 5.78. The summed E-state index contributed by atoms with van der Waals surface area (Å²) in [7, 11) is 1.86. The smallest absolute Gasteiger partial charge is 0.191 e. The number of rotatable bonds is 5. The SMILES string of the molecule is CN=C(NCC1CCOc2ccccc21)NC1CCN(Cc2ccsc2)CC1.I. The topological polar surface area (TPSA) is 48.9 Å². The molecule has 0 amide bonds. The Balaban J connectivity index is 0.00000240. The van der Waals surface area contributed by atoms with E-state index in [1.54, 1.807) is 11.3 Å². The molecule has 2 aromatic rings. The molecule has 2 aliphatic rings. The first-order valence-electron chi connectivity index (χ1n) is 10.2. The molecule has 1 atom stereocenters. The average molecular weight is 526 g/mol. The zero-order chi connectivity index (χ0) is 19.2. The molecule has 2 aliphatic heterocycles. The number of halogens is 1. The summed E-state index contributed by atoms with van der Waals surface area (Å²) in [6.07, 6.45) is 3.36. The van der Waals surface area contributed by atoms with Gasteiger partial charge in [0.1, 0.15) is 5.75 Å². The molecule has 1 unspecified atom stereocenters. The number of aliphatic imine (C=N–C) groups is 1. The van der Waals surface area contributed by atoms with Crippen molar-refractivity contribution in [2.75, 3.05) is 33.3 Å². The molecule has 1 aromatic carbocycles. The quantitative estimate of drug-likeness (QED) is 0.351. The predicted octanol–water partition coefficient (Wildman–Crippen LogP) is 4.06. The number of nitrogens with one attached hydrogen (secondary N) is 2. The maximum atomic E-state index is 5.78. The third kappa shape index (κ3) is 6.08. The molecule has 158 valence electrons. The third-order valence-corrected chi connectivity index (χ3v) is 6.47. The Hall–Kier alpha value is -1.32. The molecular weight excluding hydrogens is 495 g/mol. The largest absolute Gasteiger partial charge is 0.493 e. The number of nitrogens with zero attached hydrogens (tertiary/aromatic N) is 2. The molecule has 3 heterocycles. The van der Waals surface area contributed by atoms with Crippen molar-refractivity contribution in [2.24, 2.45) is 4.99 Å². The van der Waals surface area contributed by atoms with Gasteiger partial charge in [-0.3, -0.25) is 9.89 Å². The lowest BCUT2D eigenvalue weighted by molar-refractivity contribution is 0.198. The number of guanidine groups is 1. The van der Waals surface area contributed by atoms with Gasteiger partial charge in [0.25, 0.3) is 0 Å². The second kappa shape index (κ2) is 11.2. The second-order valence-corrected chi connectivity index (χ2v) is 8.43. The van der Waals surface area contributed by atoms with Crippen LogP contribution in [0.25, 0.3) is 0 Å². The zero-order valence-electron chi connectivity index (χ0n) is 17.0. The van der Waals surface area contributed by atoms with Crippen LogP contribution in [0, 0.1) is 0 Å². The maximum Gasteiger partial charge on any atom is 0.191 e. The van der Waals surface area contributed by atoms with Crippen LogP contribution in [0.2, 0.25) is 0 Å². The molecule has 7 heteroatoms. The van der Waals surface area contributed by atoms with Crippen molar-refractivity contribution in [1.29, 1.82) is 0 Å². The summed E-state index contributed by atoms with van der Waals surface area (Å²) in [6, 6.07) is 11.1. The minimum Gasteiger partial charge on any atom is -0.493 e. The van der Waals surface area contributed by atoms with Crippen LogP contribution in [0.5, 0.6) is 5.75 Å². The molecule has 29 heavy (non-hydrogen) atoms. The zero-order valence-corrected chi connectivity index (χ0v) is 20.1. The lowest BCUT2D eigenvalue weighted by Gasteiger charge is -2.33. The minimum atomic E-state index is 0. The normalized spacial score (nSPS) is 20.3. The van der Waals surface area contributed by atoms with Gasteiger partial charge in [0.05, 0.1) is 6.61 Å². The molecule has 0 bridgehead atoms. The van der Waals surface area contributed by atoms with Gasteiger partial charge in [-0.1, -0.05) is 18.2 Å². The summed E-state index contributed by atoms with van der Waals surface area (Å²) in [5.74, 6) is 2.41. The molecule has 2 N–H and O–H groups in total. The highest BCUT2D eigenvalue weighted by molar-refractivity contribution is 14.0. The minimum absolute atomic E-state index is 0. The number of hydrogen-bond acceptors (Lipinski definition) is 4. The van der Waals surface area contributed by atoms with E-state index >= 15 is 0 Å². The van der Waals surface area contributed by atoms with E-state index < -0.39 is 0 Å². The molecule has 0 saturated carbocycles. The number of hydrogen-bond donors (Lipinski definition) is 2. The van der Waals surface area contributed by atoms with Gasteiger partial charge in [0.2, 0.25) is 0 Å². The lowest BCUT2D eigenvalue weighted by Crippen LogP contribution is -2.49. The summed E-state index contributed by atoms with van der Waals surface area (Å²) < 4.78 is 5.78. The van der Waals surface area contributed by atoms with Gasteiger partial charge >= 0.3 is 0 Å². The van der Waals surface area contributed by atoms with Crippen molar-refractivity contribution in [3.05, 3.63) is 52.2 Å². The number of benzene rings is 1. The van der Waals surface area contributed by atoms with E-state index in [2.05, 4.69) is 55.6 Å². The fourth-order valence-corrected chi connectivity index (χ4v) is 4.77. The van der Waals surface area contributed by atoms with Gasteiger partial charge in [0, 0.05) is 45.2 Å².